The summed E-state index contributed by atoms with van der Waals surface area (Å²) in [7, 11) is 1.58. The predicted molar refractivity (Wildman–Crippen MR) is 123 cm³/mol. The number of hydrogen-bond acceptors (Lipinski definition) is 7. The first kappa shape index (κ1) is 22.1. The minimum absolute atomic E-state index is 0.277. The highest BCUT2D eigenvalue weighted by atomic mass is 35.5. The molecule has 1 heterocycles. The Hall–Kier alpha value is -2.55. The van der Waals surface area contributed by atoms with E-state index in [1.54, 1.807) is 24.9 Å². The Bertz CT molecular complexity index is 1020. The molecule has 0 saturated heterocycles. The second kappa shape index (κ2) is 11.0. The van der Waals surface area contributed by atoms with Crippen LogP contribution < -0.4 is 14.8 Å². The van der Waals surface area contributed by atoms with E-state index in [0.29, 0.717) is 28.3 Å². The summed E-state index contributed by atoms with van der Waals surface area (Å²) in [6.45, 7) is 2.43. The van der Waals surface area contributed by atoms with E-state index in [1.165, 1.54) is 17.4 Å². The van der Waals surface area contributed by atoms with Crippen molar-refractivity contribution < 1.29 is 14.3 Å². The molecule has 1 N–H and O–H groups in total. The van der Waals surface area contributed by atoms with Crippen LogP contribution in [0.1, 0.15) is 18.1 Å². The average molecular weight is 462 g/mol. The normalized spacial score (nSPS) is 10.9. The molecule has 1 aromatic heterocycles. The fraction of sp³-hybridized carbons (Fsp3) is 0.190. The molecule has 3 aromatic rings. The van der Waals surface area contributed by atoms with Crippen molar-refractivity contribution in [3.05, 3.63) is 64.7 Å². The molecule has 3 rings (SSSR count). The van der Waals surface area contributed by atoms with Gasteiger partial charge in [0.05, 0.1) is 7.11 Å². The van der Waals surface area contributed by atoms with Crippen molar-refractivity contribution in [1.82, 2.24) is 10.2 Å². The molecule has 0 atom stereocenters. The van der Waals surface area contributed by atoms with Crippen molar-refractivity contribution >= 4 is 51.8 Å². The number of methoxy groups -OCH3 is 1. The highest BCUT2D eigenvalue weighted by Crippen LogP contribution is 2.29. The molecule has 156 valence electrons. The van der Waals surface area contributed by atoms with Gasteiger partial charge in [0.15, 0.2) is 15.8 Å². The van der Waals surface area contributed by atoms with E-state index >= 15 is 0 Å². The molecular formula is C21H20ClN3O3S2. The number of carbonyl (C=O) groups is 1. The number of rotatable bonds is 9. The minimum atomic E-state index is -0.277. The molecule has 0 aliphatic rings. The van der Waals surface area contributed by atoms with Crippen molar-refractivity contribution in [2.75, 3.05) is 18.2 Å². The van der Waals surface area contributed by atoms with Crippen molar-refractivity contribution in [2.24, 2.45) is 0 Å². The number of thioether (sulfide) groups is 1. The van der Waals surface area contributed by atoms with Crippen LogP contribution in [0, 0.1) is 0 Å². The number of aromatic nitrogens is 2. The Morgan fingerprint density at radius 3 is 2.73 bits per heavy atom. The Kier molecular flexibility index (Phi) is 8.12. The molecule has 0 aliphatic heterocycles. The number of nitrogens with one attached hydrogen (secondary N) is 1. The number of benzene rings is 2. The Morgan fingerprint density at radius 2 is 2.00 bits per heavy atom. The van der Waals surface area contributed by atoms with Gasteiger partial charge in [0.1, 0.15) is 6.61 Å². The molecule has 0 unspecified atom stereocenters. The molecule has 6 nitrogen and oxygen atoms in total. The third kappa shape index (κ3) is 6.48. The average Bonchev–Trinajstić information content (AvgIpc) is 3.19. The summed E-state index contributed by atoms with van der Waals surface area (Å²) in [5.74, 6) is 1.82. The van der Waals surface area contributed by atoms with Crippen LogP contribution in [0.4, 0.5) is 5.13 Å². The molecule has 0 spiro atoms. The van der Waals surface area contributed by atoms with Gasteiger partial charge in [0.2, 0.25) is 11.0 Å². The van der Waals surface area contributed by atoms with Gasteiger partial charge in [-0.2, -0.15) is 0 Å². The summed E-state index contributed by atoms with van der Waals surface area (Å²) in [5, 5.41) is 11.8. The van der Waals surface area contributed by atoms with E-state index in [9.17, 15) is 4.79 Å². The van der Waals surface area contributed by atoms with E-state index in [4.69, 9.17) is 21.1 Å². The topological polar surface area (TPSA) is 73.3 Å². The zero-order valence-electron chi connectivity index (χ0n) is 16.4. The molecule has 2 aromatic carbocycles. The first-order chi connectivity index (χ1) is 14.6. The fourth-order valence-corrected chi connectivity index (χ4v) is 4.19. The maximum absolute atomic E-state index is 12.1. The molecular weight excluding hydrogens is 442 g/mol. The molecule has 0 radical (unpaired) electrons. The molecule has 0 saturated carbocycles. The lowest BCUT2D eigenvalue weighted by molar-refractivity contribution is -0.111. The monoisotopic (exact) mass is 461 g/mol. The van der Waals surface area contributed by atoms with E-state index in [1.807, 2.05) is 49.4 Å². The lowest BCUT2D eigenvalue weighted by atomic mass is 10.2. The van der Waals surface area contributed by atoms with Crippen LogP contribution in [-0.4, -0.2) is 29.0 Å². The summed E-state index contributed by atoms with van der Waals surface area (Å²) < 4.78 is 12.1. The molecule has 1 amide bonds. The van der Waals surface area contributed by atoms with E-state index in [0.717, 1.165) is 21.2 Å². The summed E-state index contributed by atoms with van der Waals surface area (Å²) in [4.78, 5) is 12.1. The molecule has 0 bridgehead atoms. The van der Waals surface area contributed by atoms with Crippen LogP contribution in [0.3, 0.4) is 0 Å². The van der Waals surface area contributed by atoms with Crippen LogP contribution in [-0.2, 0) is 11.4 Å². The highest BCUT2D eigenvalue weighted by Gasteiger charge is 2.08. The fourth-order valence-electron chi connectivity index (χ4n) is 2.41. The second-order valence-electron chi connectivity index (χ2n) is 5.95. The number of nitrogens with zero attached hydrogens (tertiary/aromatic N) is 2. The van der Waals surface area contributed by atoms with Gasteiger partial charge in [-0.15, -0.1) is 10.2 Å². The summed E-state index contributed by atoms with van der Waals surface area (Å²) in [6, 6.07) is 12.9. The third-order valence-electron chi connectivity index (χ3n) is 3.83. The maximum Gasteiger partial charge on any atom is 0.250 e. The number of carbonyl (C=O) groups excluding carboxylic acids is 1. The van der Waals surface area contributed by atoms with Gasteiger partial charge in [0.25, 0.3) is 0 Å². The largest absolute Gasteiger partial charge is 0.493 e. The number of anilines is 1. The van der Waals surface area contributed by atoms with Gasteiger partial charge < -0.3 is 9.47 Å². The van der Waals surface area contributed by atoms with E-state index < -0.39 is 0 Å². The molecule has 30 heavy (non-hydrogen) atoms. The standard InChI is InChI=1S/C21H20ClN3O3S2/c1-3-29-21-25-24-20(30-21)23-19(26)11-7-14-6-10-17(18(12-14)27-2)28-13-15-4-8-16(22)9-5-15/h4-12H,3,13H2,1-2H3,(H,23,24,26)/b11-7+. The highest BCUT2D eigenvalue weighted by molar-refractivity contribution is 8.01. The van der Waals surface area contributed by atoms with Gasteiger partial charge in [0, 0.05) is 11.1 Å². The number of amides is 1. The Labute approximate surface area is 188 Å². The quantitative estimate of drug-likeness (QED) is 0.256. The van der Waals surface area contributed by atoms with Crippen LogP contribution >= 0.6 is 34.7 Å². The van der Waals surface area contributed by atoms with Crippen molar-refractivity contribution in [3.8, 4) is 11.5 Å². The van der Waals surface area contributed by atoms with Crippen LogP contribution in [0.25, 0.3) is 6.08 Å². The SMILES string of the molecule is CCSc1nnc(NC(=O)/C=C/c2ccc(OCc3ccc(Cl)cc3)c(OC)c2)s1. The summed E-state index contributed by atoms with van der Waals surface area (Å²) in [5.41, 5.74) is 1.81. The van der Waals surface area contributed by atoms with Crippen molar-refractivity contribution in [2.45, 2.75) is 17.9 Å². The van der Waals surface area contributed by atoms with Crippen LogP contribution in [0.2, 0.25) is 5.02 Å². The third-order valence-corrected chi connectivity index (χ3v) is 5.93. The predicted octanol–water partition coefficient (Wildman–Crippen LogP) is 5.54. The summed E-state index contributed by atoms with van der Waals surface area (Å²) in [6.07, 6.45) is 3.14. The Morgan fingerprint density at radius 1 is 1.20 bits per heavy atom. The van der Waals surface area contributed by atoms with Gasteiger partial charge in [-0.3, -0.25) is 10.1 Å². The van der Waals surface area contributed by atoms with Crippen LogP contribution in [0.15, 0.2) is 52.9 Å². The van der Waals surface area contributed by atoms with E-state index in [2.05, 4.69) is 15.5 Å². The molecule has 0 fully saturated rings. The first-order valence-corrected chi connectivity index (χ1v) is 11.3. The van der Waals surface area contributed by atoms with Gasteiger partial charge in [-0.1, -0.05) is 59.8 Å². The number of halogens is 1. The zero-order valence-corrected chi connectivity index (χ0v) is 18.8. The smallest absolute Gasteiger partial charge is 0.250 e. The van der Waals surface area contributed by atoms with Crippen LogP contribution in [0.5, 0.6) is 11.5 Å². The van der Waals surface area contributed by atoms with Gasteiger partial charge >= 0.3 is 0 Å². The summed E-state index contributed by atoms with van der Waals surface area (Å²) >= 11 is 8.84. The molecule has 0 aliphatic carbocycles. The molecule has 9 heteroatoms. The second-order valence-corrected chi connectivity index (χ2v) is 8.88. The first-order valence-electron chi connectivity index (χ1n) is 9.08. The van der Waals surface area contributed by atoms with Crippen molar-refractivity contribution in [3.63, 3.8) is 0 Å². The minimum Gasteiger partial charge on any atom is -0.493 e. The van der Waals surface area contributed by atoms with Gasteiger partial charge in [-0.05, 0) is 47.2 Å². The lowest BCUT2D eigenvalue weighted by Crippen LogP contribution is -2.07. The Balaban J connectivity index is 1.60. The number of ether oxygens (including phenoxy) is 2. The lowest BCUT2D eigenvalue weighted by Gasteiger charge is -2.11. The van der Waals surface area contributed by atoms with Gasteiger partial charge in [-0.25, -0.2) is 0 Å². The maximum atomic E-state index is 12.1. The van der Waals surface area contributed by atoms with E-state index in [-0.39, 0.29) is 5.91 Å². The van der Waals surface area contributed by atoms with Crippen molar-refractivity contribution in [1.29, 1.82) is 0 Å². The number of hydrogen-bond donors (Lipinski definition) is 1. The zero-order chi connectivity index (χ0) is 21.3.